The van der Waals surface area contributed by atoms with E-state index in [2.05, 4.69) is 5.32 Å². The Hall–Kier alpha value is -0.820. The summed E-state index contributed by atoms with van der Waals surface area (Å²) in [5.41, 5.74) is -0.434. The molecule has 1 saturated carbocycles. The van der Waals surface area contributed by atoms with Crippen molar-refractivity contribution in [2.45, 2.75) is 33.1 Å². The van der Waals surface area contributed by atoms with Crippen LogP contribution in [0, 0.1) is 11.3 Å². The highest BCUT2D eigenvalue weighted by molar-refractivity contribution is 8.04. The number of allylic oxidation sites excluding steroid dienone is 1. The number of carboxylic acids is 1. The standard InChI is InChI=1S/C13H22NO6PS/c1-13(2)7-9(13)11(15)14-10(12(16)17)5-3-4-6-22-8-21(18,19)20/h5,9H,3-4,6-8H2,1-2H3,(H,14,15)(H,16,17)(H2,18,19,20)/b10-5-. The lowest BCUT2D eigenvalue weighted by atomic mass is 10.1. The Morgan fingerprint density at radius 2 is 2.00 bits per heavy atom. The highest BCUT2D eigenvalue weighted by Gasteiger charge is 2.50. The number of carboxylic acid groups (broad SMARTS) is 1. The Kier molecular flexibility index (Phi) is 6.67. The minimum absolute atomic E-state index is 0.0626. The summed E-state index contributed by atoms with van der Waals surface area (Å²) in [6, 6.07) is 0. The van der Waals surface area contributed by atoms with Crippen LogP contribution in [0.5, 0.6) is 0 Å². The maximum atomic E-state index is 11.9. The minimum atomic E-state index is -3.99. The van der Waals surface area contributed by atoms with E-state index in [1.54, 1.807) is 0 Å². The van der Waals surface area contributed by atoms with Crippen LogP contribution in [0.15, 0.2) is 11.8 Å². The molecule has 0 aromatic rings. The second-order valence-electron chi connectivity index (χ2n) is 6.00. The highest BCUT2D eigenvalue weighted by Crippen LogP contribution is 2.51. The molecule has 1 aliphatic rings. The van der Waals surface area contributed by atoms with Crippen LogP contribution >= 0.6 is 19.4 Å². The highest BCUT2D eigenvalue weighted by atomic mass is 32.2. The van der Waals surface area contributed by atoms with E-state index >= 15 is 0 Å². The van der Waals surface area contributed by atoms with E-state index in [4.69, 9.17) is 14.9 Å². The second-order valence-corrected chi connectivity index (χ2v) is 9.18. The third-order valence-electron chi connectivity index (χ3n) is 3.42. The summed E-state index contributed by atoms with van der Waals surface area (Å²) < 4.78 is 10.6. The van der Waals surface area contributed by atoms with Gasteiger partial charge in [0.15, 0.2) is 0 Å². The SMILES string of the molecule is CC1(C)CC1C(=O)N/C(=C\CCCSCP(=O)(O)O)C(=O)O. The molecule has 22 heavy (non-hydrogen) atoms. The lowest BCUT2D eigenvalue weighted by Crippen LogP contribution is -2.29. The van der Waals surface area contributed by atoms with Crippen LogP contribution in [0.25, 0.3) is 0 Å². The number of rotatable bonds is 9. The lowest BCUT2D eigenvalue weighted by Gasteiger charge is -2.07. The zero-order chi connectivity index (χ0) is 17.0. The van der Waals surface area contributed by atoms with Crippen LogP contribution in [0.3, 0.4) is 0 Å². The number of unbranched alkanes of at least 4 members (excludes halogenated alkanes) is 1. The van der Waals surface area contributed by atoms with E-state index in [-0.39, 0.29) is 28.4 Å². The van der Waals surface area contributed by atoms with Gasteiger partial charge in [-0.15, -0.1) is 11.8 Å². The number of nitrogens with one attached hydrogen (secondary N) is 1. The van der Waals surface area contributed by atoms with Crippen molar-refractivity contribution in [1.82, 2.24) is 5.32 Å². The molecule has 0 aromatic heterocycles. The number of hydrogen-bond acceptors (Lipinski definition) is 4. The van der Waals surface area contributed by atoms with Gasteiger partial charge in [-0.2, -0.15) is 0 Å². The van der Waals surface area contributed by atoms with Crippen molar-refractivity contribution in [1.29, 1.82) is 0 Å². The van der Waals surface area contributed by atoms with E-state index in [1.807, 2.05) is 13.8 Å². The molecule has 7 nitrogen and oxygen atoms in total. The molecule has 0 heterocycles. The van der Waals surface area contributed by atoms with Crippen LogP contribution < -0.4 is 5.32 Å². The number of carbonyl (C=O) groups excluding carboxylic acids is 1. The molecular formula is C13H22NO6PS. The van der Waals surface area contributed by atoms with Crippen molar-refractivity contribution in [2.24, 2.45) is 11.3 Å². The zero-order valence-corrected chi connectivity index (χ0v) is 14.3. The summed E-state index contributed by atoms with van der Waals surface area (Å²) in [4.78, 5) is 40.4. The van der Waals surface area contributed by atoms with Gasteiger partial charge in [-0.05, 0) is 30.4 Å². The Morgan fingerprint density at radius 3 is 2.45 bits per heavy atom. The molecule has 0 spiro atoms. The van der Waals surface area contributed by atoms with Crippen molar-refractivity contribution in [3.8, 4) is 0 Å². The molecule has 1 fully saturated rings. The topological polar surface area (TPSA) is 124 Å². The Balaban J connectivity index is 2.35. The fraction of sp³-hybridized carbons (Fsp3) is 0.692. The monoisotopic (exact) mass is 351 g/mol. The van der Waals surface area contributed by atoms with E-state index in [0.29, 0.717) is 18.6 Å². The van der Waals surface area contributed by atoms with Crippen LogP contribution in [-0.2, 0) is 14.2 Å². The Morgan fingerprint density at radius 1 is 1.41 bits per heavy atom. The fourth-order valence-corrected chi connectivity index (χ4v) is 3.78. The van der Waals surface area contributed by atoms with Crippen LogP contribution in [0.2, 0.25) is 0 Å². The van der Waals surface area contributed by atoms with Gasteiger partial charge in [-0.3, -0.25) is 9.36 Å². The first-order chi connectivity index (χ1) is 10.0. The smallest absolute Gasteiger partial charge is 0.352 e. The summed E-state index contributed by atoms with van der Waals surface area (Å²) in [5.74, 6) is -1.09. The summed E-state index contributed by atoms with van der Waals surface area (Å²) in [6.07, 6.45) is 3.19. The summed E-state index contributed by atoms with van der Waals surface area (Å²) >= 11 is 1.12. The van der Waals surface area contributed by atoms with Gasteiger partial charge in [0.25, 0.3) is 0 Å². The van der Waals surface area contributed by atoms with Crippen LogP contribution in [0.1, 0.15) is 33.1 Å². The Bertz CT molecular complexity index is 513. The fourth-order valence-electron chi connectivity index (χ4n) is 1.94. The number of aliphatic carboxylic acids is 1. The molecule has 0 saturated heterocycles. The van der Waals surface area contributed by atoms with Gasteiger partial charge < -0.3 is 20.2 Å². The van der Waals surface area contributed by atoms with Gasteiger partial charge in [-0.25, -0.2) is 4.79 Å². The predicted molar refractivity (Wildman–Crippen MR) is 84.4 cm³/mol. The molecule has 9 heteroatoms. The molecule has 0 bridgehead atoms. The molecule has 0 radical (unpaired) electrons. The largest absolute Gasteiger partial charge is 0.477 e. The molecule has 1 rings (SSSR count). The number of amides is 1. The quantitative estimate of drug-likeness (QED) is 0.283. The maximum absolute atomic E-state index is 11.9. The minimum Gasteiger partial charge on any atom is -0.477 e. The normalized spacial score (nSPS) is 20.5. The van der Waals surface area contributed by atoms with Gasteiger partial charge in [0.1, 0.15) is 5.70 Å². The predicted octanol–water partition coefficient (Wildman–Crippen LogP) is 1.77. The number of carbonyl (C=O) groups is 2. The first-order valence-corrected chi connectivity index (χ1v) is 9.85. The molecular weight excluding hydrogens is 329 g/mol. The van der Waals surface area contributed by atoms with Crippen molar-refractivity contribution >= 4 is 31.2 Å². The van der Waals surface area contributed by atoms with Crippen molar-refractivity contribution in [2.75, 3.05) is 11.2 Å². The van der Waals surface area contributed by atoms with Gasteiger partial charge in [0, 0.05) is 5.92 Å². The zero-order valence-electron chi connectivity index (χ0n) is 12.6. The van der Waals surface area contributed by atoms with E-state index < -0.39 is 13.6 Å². The average Bonchev–Trinajstić information content (AvgIpc) is 2.99. The number of thioether (sulfide) groups is 1. The Labute approximate surface area is 133 Å². The van der Waals surface area contributed by atoms with Gasteiger partial charge in [0.2, 0.25) is 5.91 Å². The van der Waals surface area contributed by atoms with Crippen LogP contribution in [-0.4, -0.2) is 38.0 Å². The van der Waals surface area contributed by atoms with Crippen LogP contribution in [0.4, 0.5) is 0 Å². The molecule has 4 N–H and O–H groups in total. The van der Waals surface area contributed by atoms with Crippen molar-refractivity contribution in [3.05, 3.63) is 11.8 Å². The maximum Gasteiger partial charge on any atom is 0.352 e. The van der Waals surface area contributed by atoms with Crippen molar-refractivity contribution < 1.29 is 29.0 Å². The molecule has 1 atom stereocenters. The van der Waals surface area contributed by atoms with E-state index in [0.717, 1.165) is 18.2 Å². The lowest BCUT2D eigenvalue weighted by molar-refractivity contribution is -0.135. The molecule has 1 aliphatic carbocycles. The second kappa shape index (κ2) is 7.64. The first-order valence-electron chi connectivity index (χ1n) is 6.89. The first kappa shape index (κ1) is 19.2. The molecule has 1 unspecified atom stereocenters. The molecule has 1 amide bonds. The van der Waals surface area contributed by atoms with E-state index in [1.165, 1.54) is 6.08 Å². The number of hydrogen-bond donors (Lipinski definition) is 4. The molecule has 0 aliphatic heterocycles. The van der Waals surface area contributed by atoms with Gasteiger partial charge in [-0.1, -0.05) is 19.9 Å². The third kappa shape index (κ3) is 6.96. The van der Waals surface area contributed by atoms with Gasteiger partial charge >= 0.3 is 13.6 Å². The molecule has 126 valence electrons. The summed E-state index contributed by atoms with van der Waals surface area (Å²) in [6.45, 7) is 3.92. The van der Waals surface area contributed by atoms with Gasteiger partial charge in [0.05, 0.1) is 5.49 Å². The van der Waals surface area contributed by atoms with Crippen molar-refractivity contribution in [3.63, 3.8) is 0 Å². The van der Waals surface area contributed by atoms with E-state index in [9.17, 15) is 14.2 Å². The summed E-state index contributed by atoms with van der Waals surface area (Å²) in [7, 11) is -3.99. The molecule has 0 aromatic carbocycles. The summed E-state index contributed by atoms with van der Waals surface area (Å²) in [5, 5.41) is 11.5. The average molecular weight is 351 g/mol. The third-order valence-corrected chi connectivity index (χ3v) is 6.07.